The van der Waals surface area contributed by atoms with Crippen molar-refractivity contribution in [2.24, 2.45) is 0 Å². The highest BCUT2D eigenvalue weighted by molar-refractivity contribution is 5.70. The molecule has 2 N–H and O–H groups in total. The van der Waals surface area contributed by atoms with Gasteiger partial charge in [0.2, 0.25) is 0 Å². The Hall–Kier alpha value is -0.610. The topological polar surface area (TPSA) is 58.6 Å². The summed E-state index contributed by atoms with van der Waals surface area (Å²) in [6, 6.07) is 0.0226. The monoisotopic (exact) mass is 217 g/mol. The lowest BCUT2D eigenvalue weighted by Gasteiger charge is -2.21. The Morgan fingerprint density at radius 1 is 1.40 bits per heavy atom. The lowest BCUT2D eigenvalue weighted by molar-refractivity contribution is -0.155. The van der Waals surface area contributed by atoms with Gasteiger partial charge in [-0.1, -0.05) is 0 Å². The molecule has 0 aliphatic rings. The van der Waals surface area contributed by atoms with Crippen LogP contribution < -0.4 is 5.32 Å². The first-order valence-electron chi connectivity index (χ1n) is 5.34. The van der Waals surface area contributed by atoms with Gasteiger partial charge in [0, 0.05) is 12.6 Å². The van der Waals surface area contributed by atoms with Crippen molar-refractivity contribution in [3.05, 3.63) is 0 Å². The average molecular weight is 217 g/mol. The summed E-state index contributed by atoms with van der Waals surface area (Å²) < 4.78 is 5.17. The SMILES string of the molecule is CC(CC(=O)OC(C)(C)C)NC[C@@H](C)O. The molecular weight excluding hydrogens is 194 g/mol. The van der Waals surface area contributed by atoms with Crippen LogP contribution in [0.3, 0.4) is 0 Å². The Morgan fingerprint density at radius 3 is 2.33 bits per heavy atom. The van der Waals surface area contributed by atoms with Crippen LogP contribution in [0.4, 0.5) is 0 Å². The second kappa shape index (κ2) is 6.08. The third kappa shape index (κ3) is 9.69. The fourth-order valence-electron chi connectivity index (χ4n) is 1.08. The highest BCUT2D eigenvalue weighted by Gasteiger charge is 2.18. The van der Waals surface area contributed by atoms with E-state index in [1.807, 2.05) is 27.7 Å². The molecule has 0 heterocycles. The quantitative estimate of drug-likeness (QED) is 0.676. The van der Waals surface area contributed by atoms with Crippen molar-refractivity contribution >= 4 is 5.97 Å². The van der Waals surface area contributed by atoms with Gasteiger partial charge in [-0.3, -0.25) is 4.79 Å². The highest BCUT2D eigenvalue weighted by atomic mass is 16.6. The minimum absolute atomic E-state index is 0.0226. The second-order valence-electron chi connectivity index (χ2n) is 4.95. The summed E-state index contributed by atoms with van der Waals surface area (Å²) in [5.41, 5.74) is -0.429. The predicted molar refractivity (Wildman–Crippen MR) is 59.6 cm³/mol. The first-order chi connectivity index (χ1) is 6.70. The van der Waals surface area contributed by atoms with Crippen molar-refractivity contribution in [3.8, 4) is 0 Å². The molecule has 0 radical (unpaired) electrons. The Morgan fingerprint density at radius 2 is 1.93 bits per heavy atom. The van der Waals surface area contributed by atoms with Crippen LogP contribution in [0.5, 0.6) is 0 Å². The molecule has 0 aliphatic carbocycles. The maximum atomic E-state index is 11.4. The zero-order chi connectivity index (χ0) is 12.1. The summed E-state index contributed by atoms with van der Waals surface area (Å²) in [6.07, 6.45) is -0.0737. The van der Waals surface area contributed by atoms with E-state index in [2.05, 4.69) is 5.32 Å². The van der Waals surface area contributed by atoms with E-state index in [9.17, 15) is 4.79 Å². The number of rotatable bonds is 5. The van der Waals surface area contributed by atoms with Gasteiger partial charge in [-0.05, 0) is 34.6 Å². The Labute approximate surface area is 92.0 Å². The van der Waals surface area contributed by atoms with Crippen molar-refractivity contribution in [1.82, 2.24) is 5.32 Å². The maximum absolute atomic E-state index is 11.4. The van der Waals surface area contributed by atoms with Gasteiger partial charge in [-0.2, -0.15) is 0 Å². The van der Waals surface area contributed by atoms with Crippen molar-refractivity contribution in [2.75, 3.05) is 6.54 Å². The van der Waals surface area contributed by atoms with Crippen molar-refractivity contribution < 1.29 is 14.6 Å². The first kappa shape index (κ1) is 14.4. The molecule has 1 unspecified atom stereocenters. The Balaban J connectivity index is 3.77. The summed E-state index contributed by atoms with van der Waals surface area (Å²) in [5.74, 6) is -0.215. The minimum atomic E-state index is -0.429. The van der Waals surface area contributed by atoms with E-state index >= 15 is 0 Å². The van der Waals surface area contributed by atoms with Crippen LogP contribution in [0, 0.1) is 0 Å². The molecule has 90 valence electrons. The van der Waals surface area contributed by atoms with Gasteiger partial charge in [-0.25, -0.2) is 0 Å². The zero-order valence-electron chi connectivity index (χ0n) is 10.3. The number of hydrogen-bond donors (Lipinski definition) is 2. The summed E-state index contributed by atoms with van der Waals surface area (Å²) >= 11 is 0. The summed E-state index contributed by atoms with van der Waals surface area (Å²) in [4.78, 5) is 11.4. The van der Waals surface area contributed by atoms with Crippen LogP contribution >= 0.6 is 0 Å². The number of nitrogens with one attached hydrogen (secondary N) is 1. The second-order valence-corrected chi connectivity index (χ2v) is 4.95. The van der Waals surface area contributed by atoms with Gasteiger partial charge >= 0.3 is 5.97 Å². The van der Waals surface area contributed by atoms with Crippen molar-refractivity contribution in [1.29, 1.82) is 0 Å². The number of carbonyl (C=O) groups excluding carboxylic acids is 1. The summed E-state index contributed by atoms with van der Waals surface area (Å²) in [7, 11) is 0. The number of aliphatic hydroxyl groups excluding tert-OH is 1. The number of aliphatic hydroxyl groups is 1. The minimum Gasteiger partial charge on any atom is -0.460 e. The molecule has 4 nitrogen and oxygen atoms in total. The van der Waals surface area contributed by atoms with Crippen LogP contribution in [0.25, 0.3) is 0 Å². The molecule has 0 saturated heterocycles. The number of ether oxygens (including phenoxy) is 1. The van der Waals surface area contributed by atoms with E-state index in [0.29, 0.717) is 13.0 Å². The molecule has 0 aromatic rings. The van der Waals surface area contributed by atoms with Gasteiger partial charge in [-0.15, -0.1) is 0 Å². The van der Waals surface area contributed by atoms with Crippen LogP contribution in [0.1, 0.15) is 41.0 Å². The molecule has 15 heavy (non-hydrogen) atoms. The molecule has 0 aromatic heterocycles. The largest absolute Gasteiger partial charge is 0.460 e. The lowest BCUT2D eigenvalue weighted by Crippen LogP contribution is -2.35. The molecular formula is C11H23NO3. The zero-order valence-corrected chi connectivity index (χ0v) is 10.3. The molecule has 0 saturated carbocycles. The van der Waals surface area contributed by atoms with Gasteiger partial charge in [0.25, 0.3) is 0 Å². The number of esters is 1. The standard InChI is InChI=1S/C11H23NO3/c1-8(12-7-9(2)13)6-10(14)15-11(3,4)5/h8-9,12-13H,6-7H2,1-5H3/t8?,9-/m1/s1. The predicted octanol–water partition coefficient (Wildman–Crippen LogP) is 1.08. The smallest absolute Gasteiger partial charge is 0.307 e. The molecule has 0 bridgehead atoms. The maximum Gasteiger partial charge on any atom is 0.307 e. The Kier molecular flexibility index (Phi) is 5.83. The summed E-state index contributed by atoms with van der Waals surface area (Å²) in [6.45, 7) is 9.62. The normalized spacial score (nSPS) is 15.9. The van der Waals surface area contributed by atoms with Gasteiger partial charge in [0.1, 0.15) is 5.60 Å². The van der Waals surface area contributed by atoms with Gasteiger partial charge in [0.15, 0.2) is 0 Å². The van der Waals surface area contributed by atoms with Gasteiger partial charge in [0.05, 0.1) is 12.5 Å². The van der Waals surface area contributed by atoms with E-state index < -0.39 is 11.7 Å². The van der Waals surface area contributed by atoms with E-state index in [1.165, 1.54) is 0 Å². The third-order valence-corrected chi connectivity index (χ3v) is 1.65. The van der Waals surface area contributed by atoms with Crippen molar-refractivity contribution in [3.63, 3.8) is 0 Å². The summed E-state index contributed by atoms with van der Waals surface area (Å²) in [5, 5.41) is 12.1. The molecule has 2 atom stereocenters. The molecule has 0 rings (SSSR count). The first-order valence-corrected chi connectivity index (χ1v) is 5.34. The number of carbonyl (C=O) groups is 1. The van der Waals surface area contributed by atoms with Crippen LogP contribution in [0.15, 0.2) is 0 Å². The van der Waals surface area contributed by atoms with E-state index in [-0.39, 0.29) is 12.0 Å². The lowest BCUT2D eigenvalue weighted by atomic mass is 10.2. The molecule has 0 aliphatic heterocycles. The molecule has 0 aromatic carbocycles. The van der Waals surface area contributed by atoms with Crippen molar-refractivity contribution in [2.45, 2.75) is 58.8 Å². The van der Waals surface area contributed by atoms with Crippen LogP contribution in [0.2, 0.25) is 0 Å². The van der Waals surface area contributed by atoms with Crippen LogP contribution in [-0.4, -0.2) is 35.4 Å². The van der Waals surface area contributed by atoms with Crippen LogP contribution in [-0.2, 0) is 9.53 Å². The fourth-order valence-corrected chi connectivity index (χ4v) is 1.08. The molecule has 0 spiro atoms. The average Bonchev–Trinajstić information content (AvgIpc) is 1.96. The van der Waals surface area contributed by atoms with Gasteiger partial charge < -0.3 is 15.2 Å². The molecule has 4 heteroatoms. The Bertz CT molecular complexity index is 196. The van der Waals surface area contributed by atoms with E-state index in [0.717, 1.165) is 0 Å². The molecule has 0 fully saturated rings. The van der Waals surface area contributed by atoms with E-state index in [1.54, 1.807) is 6.92 Å². The third-order valence-electron chi connectivity index (χ3n) is 1.65. The number of hydrogen-bond acceptors (Lipinski definition) is 4. The fraction of sp³-hybridized carbons (Fsp3) is 0.909. The molecule has 0 amide bonds. The highest BCUT2D eigenvalue weighted by Crippen LogP contribution is 2.09. The van der Waals surface area contributed by atoms with E-state index in [4.69, 9.17) is 9.84 Å².